The molecule has 0 radical (unpaired) electrons. The van der Waals surface area contributed by atoms with Crippen molar-refractivity contribution in [2.24, 2.45) is 11.8 Å². The van der Waals surface area contributed by atoms with Crippen molar-refractivity contribution in [3.8, 4) is 0 Å². The molecule has 6 heteroatoms. The maximum absolute atomic E-state index is 13.0. The third-order valence-corrected chi connectivity index (χ3v) is 6.92. The fraction of sp³-hybridized carbons (Fsp3) is 0.654. The minimum Gasteiger partial charge on any atom is -0.393 e. The number of amides is 1. The highest BCUT2D eigenvalue weighted by molar-refractivity contribution is 5.99. The number of aliphatic hydroxyl groups excluding tert-OH is 1. The molecule has 1 saturated carbocycles. The van der Waals surface area contributed by atoms with Crippen LogP contribution in [-0.4, -0.2) is 39.0 Å². The largest absolute Gasteiger partial charge is 0.393 e. The average molecular weight is 442 g/mol. The molecule has 0 saturated heterocycles. The maximum Gasteiger partial charge on any atom is 0.252 e. The van der Waals surface area contributed by atoms with Gasteiger partial charge in [-0.2, -0.15) is 0 Å². The van der Waals surface area contributed by atoms with E-state index in [0.717, 1.165) is 36.1 Å². The summed E-state index contributed by atoms with van der Waals surface area (Å²) in [5.41, 5.74) is 1.09. The Bertz CT molecular complexity index is 926. The van der Waals surface area contributed by atoms with Gasteiger partial charge in [0, 0.05) is 18.0 Å². The highest BCUT2D eigenvalue weighted by Gasteiger charge is 2.32. The first-order valence-electron chi connectivity index (χ1n) is 12.3. The number of rotatable bonds is 11. The number of aldehydes is 1. The number of aliphatic hydroxyl groups is 1. The summed E-state index contributed by atoms with van der Waals surface area (Å²) < 4.78 is 2.39. The first-order chi connectivity index (χ1) is 15.4. The van der Waals surface area contributed by atoms with Crippen LogP contribution < -0.4 is 5.32 Å². The van der Waals surface area contributed by atoms with Crippen LogP contribution >= 0.6 is 0 Å². The summed E-state index contributed by atoms with van der Waals surface area (Å²) in [5, 5.41) is 12.6. The summed E-state index contributed by atoms with van der Waals surface area (Å²) in [7, 11) is 0. The first-order valence-corrected chi connectivity index (χ1v) is 12.3. The molecule has 32 heavy (non-hydrogen) atoms. The summed E-state index contributed by atoms with van der Waals surface area (Å²) in [6.45, 7) is 7.93. The Morgan fingerprint density at radius 2 is 1.97 bits per heavy atom. The van der Waals surface area contributed by atoms with E-state index in [0.29, 0.717) is 30.2 Å². The molecule has 1 amide bonds. The highest BCUT2D eigenvalue weighted by Crippen LogP contribution is 2.32. The van der Waals surface area contributed by atoms with E-state index in [2.05, 4.69) is 23.7 Å². The molecule has 1 fully saturated rings. The number of nitrogens with zero attached hydrogens (tertiary/aromatic N) is 2. The number of carbonyl (C=O) groups excluding carboxylic acids is 2. The number of benzene rings is 1. The van der Waals surface area contributed by atoms with Crippen LogP contribution in [0.25, 0.3) is 11.0 Å². The summed E-state index contributed by atoms with van der Waals surface area (Å²) in [4.78, 5) is 29.7. The molecule has 1 heterocycles. The molecule has 1 aliphatic carbocycles. The van der Waals surface area contributed by atoms with Crippen LogP contribution in [0, 0.1) is 11.8 Å². The predicted octanol–water partition coefficient (Wildman–Crippen LogP) is 4.84. The van der Waals surface area contributed by atoms with Gasteiger partial charge in [-0.3, -0.25) is 4.79 Å². The molecular formula is C26H39N3O3. The van der Waals surface area contributed by atoms with Gasteiger partial charge in [-0.1, -0.05) is 53.4 Å². The Hall–Kier alpha value is -2.21. The Kier molecular flexibility index (Phi) is 8.10. The van der Waals surface area contributed by atoms with E-state index in [1.165, 1.54) is 25.7 Å². The summed E-state index contributed by atoms with van der Waals surface area (Å²) in [6, 6.07) is 6.00. The lowest BCUT2D eigenvalue weighted by atomic mass is 9.90. The standard InChI is InChI=1S/C26H39N3O3/c1-5-21(6-2)29-23-12-11-20(25(32)28-26(16-30,17-31)15-18(3)4)14-22(23)27-24(29)13-19-9-7-8-10-19/h11-12,14,16,18-19,21,31H,5-10,13,15,17H2,1-4H3,(H,28,32)/t26-/m0/s1. The maximum atomic E-state index is 13.0. The monoisotopic (exact) mass is 441 g/mol. The van der Waals surface area contributed by atoms with Gasteiger partial charge >= 0.3 is 0 Å². The predicted molar refractivity (Wildman–Crippen MR) is 128 cm³/mol. The van der Waals surface area contributed by atoms with Crippen molar-refractivity contribution in [2.45, 2.75) is 90.6 Å². The smallest absolute Gasteiger partial charge is 0.252 e. The number of imidazole rings is 1. The molecule has 1 aliphatic rings. The Morgan fingerprint density at radius 1 is 1.28 bits per heavy atom. The zero-order chi connectivity index (χ0) is 23.3. The van der Waals surface area contributed by atoms with Gasteiger partial charge in [-0.05, 0) is 49.3 Å². The average Bonchev–Trinajstić information content (AvgIpc) is 3.41. The quantitative estimate of drug-likeness (QED) is 0.489. The molecule has 1 atom stereocenters. The van der Waals surface area contributed by atoms with Gasteiger partial charge in [0.05, 0.1) is 17.6 Å². The number of nitrogens with one attached hydrogen (secondary N) is 1. The molecule has 3 rings (SSSR count). The van der Waals surface area contributed by atoms with Gasteiger partial charge in [0.15, 0.2) is 0 Å². The second kappa shape index (κ2) is 10.6. The molecule has 0 spiro atoms. The van der Waals surface area contributed by atoms with E-state index in [1.54, 1.807) is 6.07 Å². The highest BCUT2D eigenvalue weighted by atomic mass is 16.3. The van der Waals surface area contributed by atoms with Crippen molar-refractivity contribution in [1.82, 2.24) is 14.9 Å². The van der Waals surface area contributed by atoms with E-state index in [9.17, 15) is 14.7 Å². The number of aromatic nitrogens is 2. The SMILES string of the molecule is CCC(CC)n1c(CC2CCCC2)nc2cc(C(=O)N[C@@](C=O)(CO)CC(C)C)ccc21. The van der Waals surface area contributed by atoms with E-state index < -0.39 is 12.1 Å². The van der Waals surface area contributed by atoms with Crippen molar-refractivity contribution >= 4 is 23.2 Å². The van der Waals surface area contributed by atoms with E-state index in [1.807, 2.05) is 26.0 Å². The van der Waals surface area contributed by atoms with Gasteiger partial charge in [-0.15, -0.1) is 0 Å². The van der Waals surface area contributed by atoms with Crippen LogP contribution in [0.1, 0.15) is 94.9 Å². The first kappa shape index (κ1) is 24.4. The van der Waals surface area contributed by atoms with Crippen LogP contribution in [0.15, 0.2) is 18.2 Å². The van der Waals surface area contributed by atoms with Crippen molar-refractivity contribution in [1.29, 1.82) is 0 Å². The van der Waals surface area contributed by atoms with Crippen molar-refractivity contribution in [3.05, 3.63) is 29.6 Å². The van der Waals surface area contributed by atoms with Crippen molar-refractivity contribution in [3.63, 3.8) is 0 Å². The van der Waals surface area contributed by atoms with Gasteiger partial charge < -0.3 is 19.8 Å². The number of carbonyl (C=O) groups is 2. The minimum absolute atomic E-state index is 0.156. The lowest BCUT2D eigenvalue weighted by Gasteiger charge is -2.28. The van der Waals surface area contributed by atoms with E-state index in [4.69, 9.17) is 4.98 Å². The molecule has 176 valence electrons. The normalized spacial score (nSPS) is 16.7. The third kappa shape index (κ3) is 5.22. The lowest BCUT2D eigenvalue weighted by molar-refractivity contribution is -0.115. The van der Waals surface area contributed by atoms with Crippen LogP contribution in [-0.2, 0) is 11.2 Å². The van der Waals surface area contributed by atoms with Crippen molar-refractivity contribution in [2.75, 3.05) is 6.61 Å². The molecule has 2 aromatic rings. The minimum atomic E-state index is -1.26. The number of hydrogen-bond donors (Lipinski definition) is 2. The lowest BCUT2D eigenvalue weighted by Crippen LogP contribution is -2.53. The summed E-state index contributed by atoms with van der Waals surface area (Å²) >= 11 is 0. The van der Waals surface area contributed by atoms with Gasteiger partial charge in [0.25, 0.3) is 5.91 Å². The Labute approximate surface area is 191 Å². The summed E-state index contributed by atoms with van der Waals surface area (Å²) in [5.74, 6) is 1.61. The Morgan fingerprint density at radius 3 is 2.53 bits per heavy atom. The van der Waals surface area contributed by atoms with Crippen molar-refractivity contribution < 1.29 is 14.7 Å². The third-order valence-electron chi connectivity index (χ3n) is 6.92. The molecule has 1 aromatic heterocycles. The van der Waals surface area contributed by atoms with E-state index >= 15 is 0 Å². The number of hydrogen-bond acceptors (Lipinski definition) is 4. The molecule has 1 aromatic carbocycles. The fourth-order valence-electron chi connectivity index (χ4n) is 5.26. The van der Waals surface area contributed by atoms with Gasteiger partial charge in [0.1, 0.15) is 17.6 Å². The summed E-state index contributed by atoms with van der Waals surface area (Å²) in [6.07, 6.45) is 9.25. The van der Waals surface area contributed by atoms with Crippen LogP contribution in [0.2, 0.25) is 0 Å². The molecule has 0 unspecified atom stereocenters. The second-order valence-electron chi connectivity index (χ2n) is 9.91. The molecule has 0 bridgehead atoms. The van der Waals surface area contributed by atoms with Gasteiger partial charge in [-0.25, -0.2) is 4.98 Å². The number of fused-ring (bicyclic) bond motifs is 1. The van der Waals surface area contributed by atoms with Gasteiger partial charge in [0.2, 0.25) is 0 Å². The second-order valence-corrected chi connectivity index (χ2v) is 9.91. The molecule has 0 aliphatic heterocycles. The molecular weight excluding hydrogens is 402 g/mol. The molecule has 6 nitrogen and oxygen atoms in total. The van der Waals surface area contributed by atoms with E-state index in [-0.39, 0.29) is 11.8 Å². The Balaban J connectivity index is 1.95. The van der Waals surface area contributed by atoms with Crippen LogP contribution in [0.5, 0.6) is 0 Å². The fourth-order valence-corrected chi connectivity index (χ4v) is 5.26. The van der Waals surface area contributed by atoms with Crippen LogP contribution in [0.4, 0.5) is 0 Å². The zero-order valence-corrected chi connectivity index (χ0v) is 20.1. The molecule has 2 N–H and O–H groups in total. The zero-order valence-electron chi connectivity index (χ0n) is 20.1. The van der Waals surface area contributed by atoms with Crippen LogP contribution in [0.3, 0.4) is 0 Å². The topological polar surface area (TPSA) is 84.2 Å².